The molecule has 0 radical (unpaired) electrons. The predicted molar refractivity (Wildman–Crippen MR) is 279 cm³/mol. The van der Waals surface area contributed by atoms with E-state index < -0.39 is 18.1 Å². The highest BCUT2D eigenvalue weighted by Gasteiger charge is 2.45. The Morgan fingerprint density at radius 3 is 2.38 bits per heavy atom. The van der Waals surface area contributed by atoms with Gasteiger partial charge in [-0.3, -0.25) is 19.2 Å². The van der Waals surface area contributed by atoms with Crippen LogP contribution in [0.15, 0.2) is 83.1 Å². The highest BCUT2D eigenvalue weighted by atomic mass is 32.1. The second-order valence-corrected chi connectivity index (χ2v) is 21.7. The number of anilines is 2. The van der Waals surface area contributed by atoms with Crippen LogP contribution >= 0.6 is 11.3 Å². The summed E-state index contributed by atoms with van der Waals surface area (Å²) in [5.41, 5.74) is 14.9. The van der Waals surface area contributed by atoms with Gasteiger partial charge in [-0.2, -0.15) is 5.10 Å². The van der Waals surface area contributed by atoms with Crippen molar-refractivity contribution in [3.05, 3.63) is 101 Å². The van der Waals surface area contributed by atoms with E-state index in [0.29, 0.717) is 53.3 Å². The van der Waals surface area contributed by atoms with Gasteiger partial charge in [0.15, 0.2) is 17.1 Å². The summed E-state index contributed by atoms with van der Waals surface area (Å²) in [5.74, 6) is 0.787. The van der Waals surface area contributed by atoms with E-state index in [1.54, 1.807) is 29.5 Å². The zero-order chi connectivity index (χ0) is 51.2. The summed E-state index contributed by atoms with van der Waals surface area (Å²) >= 11 is 1.59. The predicted octanol–water partition coefficient (Wildman–Crippen LogP) is 7.20. The maximum Gasteiger partial charge on any atom is 0.254 e. The van der Waals surface area contributed by atoms with Crippen LogP contribution in [0.25, 0.3) is 32.7 Å². The van der Waals surface area contributed by atoms with Crippen LogP contribution in [0.3, 0.4) is 0 Å². The zero-order valence-electron chi connectivity index (χ0n) is 42.1. The van der Waals surface area contributed by atoms with Crippen molar-refractivity contribution >= 4 is 46.0 Å². The number of carbonyl (C=O) groups excluding carboxylic acids is 2. The van der Waals surface area contributed by atoms with E-state index in [1.807, 2.05) is 92.7 Å². The van der Waals surface area contributed by atoms with Gasteiger partial charge in [-0.15, -0.1) is 21.5 Å². The average molecular weight is 1020 g/mol. The van der Waals surface area contributed by atoms with E-state index in [1.165, 1.54) is 4.90 Å². The summed E-state index contributed by atoms with van der Waals surface area (Å²) in [6, 6.07) is 18.3. The molecule has 2 aromatic carbocycles. The number of aromatic nitrogens is 8. The number of aliphatic hydroxyl groups is 1. The van der Waals surface area contributed by atoms with Crippen LogP contribution in [0, 0.1) is 12.8 Å². The topological polar surface area (TPSA) is 240 Å². The van der Waals surface area contributed by atoms with Crippen molar-refractivity contribution in [1.29, 1.82) is 0 Å². The number of hydrogen-bond donors (Lipinski definition) is 4. The minimum Gasteiger partial charge on any atom is -0.507 e. The second kappa shape index (κ2) is 20.7. The molecule has 7 aromatic rings. The van der Waals surface area contributed by atoms with E-state index in [2.05, 4.69) is 35.5 Å². The summed E-state index contributed by atoms with van der Waals surface area (Å²) in [6.07, 6.45) is 9.18. The number of fused-ring (bicyclic) bond motifs is 3. The number of amides is 2. The summed E-state index contributed by atoms with van der Waals surface area (Å²) < 4.78 is 13.8. The molecule has 4 fully saturated rings. The third kappa shape index (κ3) is 9.77. The molecule has 2 bridgehead atoms. The first kappa shape index (κ1) is 49.2. The van der Waals surface area contributed by atoms with Gasteiger partial charge in [-0.25, -0.2) is 15.0 Å². The summed E-state index contributed by atoms with van der Waals surface area (Å²) in [4.78, 5) is 49.7. The molecule has 74 heavy (non-hydrogen) atoms. The highest BCUT2D eigenvalue weighted by molar-refractivity contribution is 7.13. The molecule has 9 heterocycles. The number of aryl methyl sites for hydroxylation is 1. The van der Waals surface area contributed by atoms with E-state index >= 15 is 0 Å². The minimum atomic E-state index is -0.831. The molecular formula is C54H63N13O6S. The molecule has 5 aromatic heterocycles. The molecule has 11 rings (SSSR count). The van der Waals surface area contributed by atoms with Crippen molar-refractivity contribution in [2.45, 2.75) is 121 Å². The number of nitrogen functional groups attached to an aromatic ring is 1. The number of phenolic OH excluding ortho intramolecular Hbond substituents is 1. The number of nitrogens with two attached hydrogens (primary N) is 1. The number of ether oxygens (including phenoxy) is 1. The molecule has 4 saturated heterocycles. The lowest BCUT2D eigenvalue weighted by Gasteiger charge is -2.39. The van der Waals surface area contributed by atoms with Crippen LogP contribution in [-0.2, 0) is 9.59 Å². The van der Waals surface area contributed by atoms with Crippen molar-refractivity contribution in [1.82, 2.24) is 55.2 Å². The Kier molecular flexibility index (Phi) is 13.8. The molecule has 20 heteroatoms. The fraction of sp³-hybridized carbons (Fsp3) is 0.463. The number of thiazole rings is 1. The summed E-state index contributed by atoms with van der Waals surface area (Å²) in [5, 5.41) is 42.0. The van der Waals surface area contributed by atoms with Crippen LogP contribution in [0.4, 0.5) is 11.8 Å². The Hall–Kier alpha value is -7.03. The number of likely N-dealkylation sites (tertiary alicyclic amines) is 2. The van der Waals surface area contributed by atoms with E-state index in [-0.39, 0.29) is 60.6 Å². The standard InChI is InChI=1S/C54H63N13O6S/c1-30(2)48(53(71)65-28-40(68)23-44(65)52(70)59-31(3)33-9-11-35(12-10-33)50-32(4)58-29-74-50)46-25-47(63-73-46)72-20-19-64-17-15-34(16-18-64)36-26-56-54(57-27-36)66-37-13-14-38(66)22-39(21-37)67-43-24-42(41-7-5-6-8-45(41)69)60-61-49(43)51(55)62-67/h5-12,24-27,29-31,34,37-40,44,48,68-69H,13-23,28H2,1-4H3,(H2,55,62)(H,59,70)/t31-,37?,38?,39?,40+,44-,48?/m0/s1. The monoisotopic (exact) mass is 1020 g/mol. The number of piperidine rings is 2. The lowest BCUT2D eigenvalue weighted by Crippen LogP contribution is -2.48. The molecule has 2 amide bonds. The quantitative estimate of drug-likeness (QED) is 0.0794. The van der Waals surface area contributed by atoms with Gasteiger partial charge in [0.05, 0.1) is 45.5 Å². The normalized spacial score (nSPS) is 22.2. The van der Waals surface area contributed by atoms with Crippen molar-refractivity contribution in [2.75, 3.05) is 43.4 Å². The lowest BCUT2D eigenvalue weighted by molar-refractivity contribution is -0.141. The van der Waals surface area contributed by atoms with Crippen LogP contribution in [0.2, 0.25) is 0 Å². The lowest BCUT2D eigenvalue weighted by atomic mass is 9.91. The first-order valence-electron chi connectivity index (χ1n) is 25.9. The zero-order valence-corrected chi connectivity index (χ0v) is 42.9. The highest BCUT2D eigenvalue weighted by Crippen LogP contribution is 2.44. The summed E-state index contributed by atoms with van der Waals surface area (Å²) in [7, 11) is 0. The van der Waals surface area contributed by atoms with E-state index in [9.17, 15) is 19.8 Å². The van der Waals surface area contributed by atoms with Crippen LogP contribution < -0.4 is 20.7 Å². The molecule has 386 valence electrons. The fourth-order valence-electron chi connectivity index (χ4n) is 11.8. The molecule has 4 aliphatic rings. The average Bonchev–Trinajstić information content (AvgIpc) is 4.26. The number of aliphatic hydroxyl groups excluding tert-OH is 1. The molecule has 0 spiro atoms. The van der Waals surface area contributed by atoms with E-state index in [4.69, 9.17) is 30.1 Å². The Morgan fingerprint density at radius 2 is 1.68 bits per heavy atom. The van der Waals surface area contributed by atoms with Crippen molar-refractivity contribution < 1.29 is 29.1 Å². The van der Waals surface area contributed by atoms with Crippen molar-refractivity contribution in [3.8, 4) is 33.3 Å². The molecule has 6 atom stereocenters. The maximum atomic E-state index is 14.3. The summed E-state index contributed by atoms with van der Waals surface area (Å²) in [6.45, 7) is 10.7. The Balaban J connectivity index is 0.650. The molecule has 0 aliphatic carbocycles. The molecule has 3 unspecified atom stereocenters. The largest absolute Gasteiger partial charge is 0.507 e. The number of nitrogens with zero attached hydrogens (tertiary/aromatic N) is 11. The number of carbonyl (C=O) groups is 2. The van der Waals surface area contributed by atoms with Gasteiger partial charge in [0.1, 0.15) is 24.3 Å². The molecule has 19 nitrogen and oxygen atoms in total. The van der Waals surface area contributed by atoms with Gasteiger partial charge >= 0.3 is 0 Å². The van der Waals surface area contributed by atoms with Crippen molar-refractivity contribution in [3.63, 3.8) is 0 Å². The first-order chi connectivity index (χ1) is 35.9. The smallest absolute Gasteiger partial charge is 0.254 e. The molecular weight excluding hydrogens is 959 g/mol. The Bertz CT molecular complexity index is 3100. The van der Waals surface area contributed by atoms with Gasteiger partial charge in [0, 0.05) is 55.6 Å². The number of phenols is 1. The number of hydrogen-bond acceptors (Lipinski definition) is 17. The maximum absolute atomic E-state index is 14.3. The van der Waals surface area contributed by atoms with Gasteiger partial charge in [-0.1, -0.05) is 50.2 Å². The third-order valence-corrected chi connectivity index (χ3v) is 16.7. The molecule has 5 N–H and O–H groups in total. The van der Waals surface area contributed by atoms with Gasteiger partial charge < -0.3 is 40.3 Å². The molecule has 4 aliphatic heterocycles. The minimum absolute atomic E-state index is 0.0516. The number of benzene rings is 2. The molecule has 0 saturated carbocycles. The first-order valence-corrected chi connectivity index (χ1v) is 26.8. The number of para-hydroxylation sites is 1. The van der Waals surface area contributed by atoms with Crippen molar-refractivity contribution in [2.24, 2.45) is 5.92 Å². The van der Waals surface area contributed by atoms with Gasteiger partial charge in [-0.05, 0) is 117 Å². The van der Waals surface area contributed by atoms with Crippen LogP contribution in [0.5, 0.6) is 11.6 Å². The number of rotatable bonds is 15. The SMILES string of the molecule is Cc1ncsc1-c1ccc([C@H](C)NC(=O)[C@@H]2C[C@@H](O)CN2C(=O)C(c2cc(OCCN3CCC(c4cnc(N5C6CCC5CC(n5nc(N)c7nnc(-c8ccccc8O)cc75)C6)nc4)CC3)no2)C(C)C)cc1. The van der Waals surface area contributed by atoms with Crippen LogP contribution in [0.1, 0.15) is 112 Å². The van der Waals surface area contributed by atoms with Gasteiger partial charge in [0.25, 0.3) is 5.88 Å². The van der Waals surface area contributed by atoms with Crippen LogP contribution in [-0.4, -0.2) is 129 Å². The second-order valence-electron chi connectivity index (χ2n) is 20.8. The van der Waals surface area contributed by atoms with E-state index in [0.717, 1.165) is 90.3 Å². The number of β-amino-alcohol motifs (C(OH)–C–C–N with tert-alkyl or cyclic N) is 1. The fourth-order valence-corrected chi connectivity index (χ4v) is 12.6. The number of nitrogens with one attached hydrogen (secondary N) is 1. The van der Waals surface area contributed by atoms with Gasteiger partial charge in [0.2, 0.25) is 17.8 Å². The number of aromatic hydroxyl groups is 1. The Morgan fingerprint density at radius 1 is 0.932 bits per heavy atom. The third-order valence-electron chi connectivity index (χ3n) is 15.7. The Labute approximate surface area is 433 Å².